The maximum Gasteiger partial charge on any atom is 0.360 e. The lowest BCUT2D eigenvalue weighted by Gasteiger charge is -2.13. The number of esters is 1. The number of carbonyl (C=O) groups is 3. The zero-order valence-corrected chi connectivity index (χ0v) is 14.8. The minimum absolute atomic E-state index is 0.112. The molecule has 1 atom stereocenters. The normalized spacial score (nSPS) is 11.7. The summed E-state index contributed by atoms with van der Waals surface area (Å²) < 4.78 is 5.15. The number of hydrogen-bond acceptors (Lipinski definition) is 7. The number of amides is 2. The number of nitrogens with two attached hydrogens (primary N) is 1. The van der Waals surface area contributed by atoms with Gasteiger partial charge in [-0.25, -0.2) is 9.89 Å². The second-order valence-corrected chi connectivity index (χ2v) is 6.43. The van der Waals surface area contributed by atoms with Crippen molar-refractivity contribution in [1.29, 1.82) is 0 Å². The molecule has 138 valence electrons. The van der Waals surface area contributed by atoms with Crippen LogP contribution in [0.15, 0.2) is 40.5 Å². The van der Waals surface area contributed by atoms with E-state index in [1.807, 2.05) is 0 Å². The summed E-state index contributed by atoms with van der Waals surface area (Å²) in [4.78, 5) is 47.7. The molecule has 1 unspecified atom stereocenters. The third kappa shape index (κ3) is 3.70. The number of fused-ring (bicyclic) bond motifs is 1. The van der Waals surface area contributed by atoms with E-state index in [0.717, 1.165) is 11.3 Å². The summed E-state index contributed by atoms with van der Waals surface area (Å²) in [6, 6.07) is 7.89. The molecule has 0 spiro atoms. The molecule has 0 fully saturated rings. The first kappa shape index (κ1) is 18.3. The number of anilines is 1. The third-order valence-electron chi connectivity index (χ3n) is 3.71. The number of benzene rings is 1. The van der Waals surface area contributed by atoms with Gasteiger partial charge in [-0.05, 0) is 24.4 Å². The number of thiophene rings is 1. The quantitative estimate of drug-likeness (QED) is 0.563. The summed E-state index contributed by atoms with van der Waals surface area (Å²) in [5.74, 6) is -2.19. The van der Waals surface area contributed by atoms with Crippen LogP contribution in [0.5, 0.6) is 0 Å². The number of H-pyrrole nitrogens is 1. The van der Waals surface area contributed by atoms with Gasteiger partial charge in [-0.3, -0.25) is 14.4 Å². The topological polar surface area (TPSA) is 144 Å². The van der Waals surface area contributed by atoms with E-state index in [-0.39, 0.29) is 21.6 Å². The van der Waals surface area contributed by atoms with Crippen LogP contribution in [0.2, 0.25) is 0 Å². The molecule has 0 aliphatic rings. The average molecular weight is 386 g/mol. The van der Waals surface area contributed by atoms with Crippen molar-refractivity contribution < 1.29 is 19.1 Å². The summed E-state index contributed by atoms with van der Waals surface area (Å²) in [6.45, 7) is 1.37. The van der Waals surface area contributed by atoms with E-state index in [2.05, 4.69) is 15.5 Å². The Morgan fingerprint density at radius 1 is 1.22 bits per heavy atom. The van der Waals surface area contributed by atoms with E-state index in [0.29, 0.717) is 5.39 Å². The van der Waals surface area contributed by atoms with Crippen molar-refractivity contribution in [3.8, 4) is 0 Å². The molecule has 0 saturated carbocycles. The van der Waals surface area contributed by atoms with E-state index in [9.17, 15) is 19.2 Å². The summed E-state index contributed by atoms with van der Waals surface area (Å²) in [5.41, 5.74) is 4.84. The van der Waals surface area contributed by atoms with Crippen molar-refractivity contribution >= 4 is 44.9 Å². The molecule has 2 heterocycles. The van der Waals surface area contributed by atoms with Gasteiger partial charge in [-0.1, -0.05) is 18.2 Å². The van der Waals surface area contributed by atoms with Gasteiger partial charge in [0.05, 0.1) is 10.9 Å². The van der Waals surface area contributed by atoms with Gasteiger partial charge < -0.3 is 15.8 Å². The first-order chi connectivity index (χ1) is 12.9. The highest BCUT2D eigenvalue weighted by Crippen LogP contribution is 2.23. The molecular formula is C17H14N4O5S. The molecule has 27 heavy (non-hydrogen) atoms. The number of ether oxygens (including phenoxy) is 1. The Morgan fingerprint density at radius 3 is 2.63 bits per heavy atom. The highest BCUT2D eigenvalue weighted by Gasteiger charge is 2.23. The second-order valence-electron chi connectivity index (χ2n) is 5.51. The summed E-state index contributed by atoms with van der Waals surface area (Å²) in [6.07, 6.45) is -1.17. The number of nitrogens with zero attached hydrogens (tertiary/aromatic N) is 1. The zero-order valence-electron chi connectivity index (χ0n) is 14.0. The number of hydrogen-bond donors (Lipinski definition) is 3. The Bertz CT molecular complexity index is 1100. The molecule has 4 N–H and O–H groups in total. The largest absolute Gasteiger partial charge is 0.448 e. The zero-order chi connectivity index (χ0) is 19.6. The highest BCUT2D eigenvalue weighted by molar-refractivity contribution is 7.14. The lowest BCUT2D eigenvalue weighted by molar-refractivity contribution is -0.123. The third-order valence-corrected chi connectivity index (χ3v) is 4.54. The average Bonchev–Trinajstić information content (AvgIpc) is 3.10. The van der Waals surface area contributed by atoms with Gasteiger partial charge in [-0.15, -0.1) is 11.3 Å². The van der Waals surface area contributed by atoms with Crippen molar-refractivity contribution in [1.82, 2.24) is 10.2 Å². The van der Waals surface area contributed by atoms with Crippen LogP contribution in [-0.2, 0) is 9.53 Å². The second kappa shape index (κ2) is 7.38. The Hall–Kier alpha value is -3.53. The summed E-state index contributed by atoms with van der Waals surface area (Å²) in [5, 5.41) is 10.9. The van der Waals surface area contributed by atoms with Crippen LogP contribution in [0.1, 0.15) is 27.8 Å². The van der Waals surface area contributed by atoms with Gasteiger partial charge in [0.15, 0.2) is 11.8 Å². The number of rotatable bonds is 5. The maximum atomic E-state index is 12.4. The fourth-order valence-corrected chi connectivity index (χ4v) is 3.15. The van der Waals surface area contributed by atoms with E-state index >= 15 is 0 Å². The van der Waals surface area contributed by atoms with Crippen molar-refractivity contribution in [2.45, 2.75) is 13.0 Å². The monoisotopic (exact) mass is 386 g/mol. The first-order valence-corrected chi connectivity index (χ1v) is 8.63. The number of aromatic amines is 1. The highest BCUT2D eigenvalue weighted by atomic mass is 32.1. The van der Waals surface area contributed by atoms with Gasteiger partial charge in [-0.2, -0.15) is 5.10 Å². The van der Waals surface area contributed by atoms with Crippen LogP contribution in [0.3, 0.4) is 0 Å². The molecule has 0 saturated heterocycles. The molecule has 1 aromatic carbocycles. The van der Waals surface area contributed by atoms with Gasteiger partial charge in [0.1, 0.15) is 5.00 Å². The predicted molar refractivity (Wildman–Crippen MR) is 98.7 cm³/mol. The molecule has 2 aromatic heterocycles. The van der Waals surface area contributed by atoms with Crippen LogP contribution in [0.4, 0.5) is 5.00 Å². The number of primary amides is 1. The van der Waals surface area contributed by atoms with Gasteiger partial charge in [0.2, 0.25) is 0 Å². The fraction of sp³-hybridized carbons (Fsp3) is 0.118. The molecule has 2 amide bonds. The van der Waals surface area contributed by atoms with E-state index in [1.54, 1.807) is 29.6 Å². The van der Waals surface area contributed by atoms with E-state index < -0.39 is 29.4 Å². The lowest BCUT2D eigenvalue weighted by Crippen LogP contribution is -2.31. The van der Waals surface area contributed by atoms with Crippen LogP contribution in [0.25, 0.3) is 10.8 Å². The van der Waals surface area contributed by atoms with Gasteiger partial charge in [0.25, 0.3) is 17.4 Å². The molecule has 0 aliphatic carbocycles. The van der Waals surface area contributed by atoms with Gasteiger partial charge >= 0.3 is 5.97 Å². The number of aromatic nitrogens is 2. The fourth-order valence-electron chi connectivity index (χ4n) is 2.35. The minimum Gasteiger partial charge on any atom is -0.448 e. The SMILES string of the molecule is CC(OC(=O)c1n[nH]c(=O)c2ccccc12)C(=O)Nc1sccc1C(N)=O. The van der Waals surface area contributed by atoms with Crippen molar-refractivity contribution in [3.05, 3.63) is 57.3 Å². The Labute approximate surface area is 156 Å². The number of nitrogens with one attached hydrogen (secondary N) is 2. The van der Waals surface area contributed by atoms with E-state index in [1.165, 1.54) is 13.0 Å². The molecule has 0 aliphatic heterocycles. The minimum atomic E-state index is -1.17. The molecule has 9 nitrogen and oxygen atoms in total. The lowest BCUT2D eigenvalue weighted by atomic mass is 10.1. The standard InChI is InChI=1S/C17H14N4O5S/c1-8(14(23)19-16-11(13(18)22)6-7-27-16)26-17(25)12-9-4-2-3-5-10(9)15(24)21-20-12/h2-8H,1H3,(H2,18,22)(H,19,23)(H,21,24). The maximum absolute atomic E-state index is 12.4. The predicted octanol–water partition coefficient (Wildman–Crippen LogP) is 1.27. The molecule has 3 aromatic rings. The van der Waals surface area contributed by atoms with Gasteiger partial charge in [0, 0.05) is 5.39 Å². The van der Waals surface area contributed by atoms with Crippen molar-refractivity contribution in [3.63, 3.8) is 0 Å². The smallest absolute Gasteiger partial charge is 0.360 e. The molecule has 0 radical (unpaired) electrons. The summed E-state index contributed by atoms with van der Waals surface area (Å²) in [7, 11) is 0. The van der Waals surface area contributed by atoms with Crippen LogP contribution in [0, 0.1) is 0 Å². The van der Waals surface area contributed by atoms with Crippen LogP contribution >= 0.6 is 11.3 Å². The first-order valence-electron chi connectivity index (χ1n) is 7.75. The molecule has 3 rings (SSSR count). The molecule has 10 heteroatoms. The molecular weight excluding hydrogens is 372 g/mol. The summed E-state index contributed by atoms with van der Waals surface area (Å²) >= 11 is 1.12. The Balaban J connectivity index is 1.77. The Morgan fingerprint density at radius 2 is 1.93 bits per heavy atom. The molecule has 0 bridgehead atoms. The van der Waals surface area contributed by atoms with Crippen molar-refractivity contribution in [2.24, 2.45) is 5.73 Å². The van der Waals surface area contributed by atoms with Crippen LogP contribution < -0.4 is 16.6 Å². The van der Waals surface area contributed by atoms with Crippen molar-refractivity contribution in [2.75, 3.05) is 5.32 Å². The number of carbonyl (C=O) groups excluding carboxylic acids is 3. The Kier molecular flexibility index (Phi) is 4.99. The van der Waals surface area contributed by atoms with E-state index in [4.69, 9.17) is 10.5 Å². The van der Waals surface area contributed by atoms with Crippen LogP contribution in [-0.4, -0.2) is 34.1 Å².